The lowest BCUT2D eigenvalue weighted by atomic mass is 10.0. The van der Waals surface area contributed by atoms with Crippen molar-refractivity contribution in [2.45, 2.75) is 19.8 Å². The van der Waals surface area contributed by atoms with Gasteiger partial charge in [-0.05, 0) is 24.5 Å². The lowest BCUT2D eigenvalue weighted by molar-refractivity contribution is -0.126. The van der Waals surface area contributed by atoms with E-state index < -0.39 is 5.92 Å². The molecule has 2 N–H and O–H groups in total. The van der Waals surface area contributed by atoms with Gasteiger partial charge in [-0.1, -0.05) is 36.9 Å². The summed E-state index contributed by atoms with van der Waals surface area (Å²) in [6.45, 7) is 1.83. The number of aliphatic hydroxyl groups excluding tert-OH is 1. The molecule has 7 heteroatoms. The molecule has 0 spiro atoms. The van der Waals surface area contributed by atoms with Gasteiger partial charge in [-0.2, -0.15) is 0 Å². The smallest absolute Gasteiger partial charge is 0.237 e. The number of benzene rings is 1. The van der Waals surface area contributed by atoms with Crippen LogP contribution < -0.4 is 10.2 Å². The summed E-state index contributed by atoms with van der Waals surface area (Å²) in [5.41, 5.74) is 2.07. The quantitative estimate of drug-likeness (QED) is 0.798. The number of carbonyl (C=O) groups excluding carboxylic acids is 3. The Morgan fingerprint density at radius 2 is 2.08 bits per heavy atom. The van der Waals surface area contributed by atoms with Gasteiger partial charge in [0.15, 0.2) is 0 Å². The van der Waals surface area contributed by atoms with Crippen LogP contribution in [0.15, 0.2) is 24.3 Å². The highest BCUT2D eigenvalue weighted by Crippen LogP contribution is 2.27. The van der Waals surface area contributed by atoms with E-state index in [4.69, 9.17) is 5.11 Å². The summed E-state index contributed by atoms with van der Waals surface area (Å²) in [6, 6.07) is 7.81. The average molecular weight is 350 g/mol. The summed E-state index contributed by atoms with van der Waals surface area (Å²) in [5, 5.41) is 11.1. The van der Waals surface area contributed by atoms with Crippen LogP contribution in [0, 0.1) is 5.92 Å². The number of nitrogens with zero attached hydrogens (tertiary/aromatic N) is 1. The molecular formula is C17H22N2O4S. The largest absolute Gasteiger partial charge is 0.396 e. The summed E-state index contributed by atoms with van der Waals surface area (Å²) in [5.74, 6) is -0.967. The Balaban J connectivity index is 1.81. The van der Waals surface area contributed by atoms with Gasteiger partial charge in [-0.15, -0.1) is 0 Å². The summed E-state index contributed by atoms with van der Waals surface area (Å²) >= 11 is 0.907. The molecule has 1 aromatic carbocycles. The van der Waals surface area contributed by atoms with Crippen LogP contribution in [0.2, 0.25) is 0 Å². The van der Waals surface area contributed by atoms with Crippen molar-refractivity contribution in [2.24, 2.45) is 5.92 Å². The summed E-state index contributed by atoms with van der Waals surface area (Å²) in [6.07, 6.45) is 1.87. The molecule has 0 bridgehead atoms. The van der Waals surface area contributed by atoms with E-state index in [0.717, 1.165) is 35.9 Å². The fourth-order valence-electron chi connectivity index (χ4n) is 2.48. The Hall–Kier alpha value is -1.86. The third-order valence-corrected chi connectivity index (χ3v) is 4.75. The molecule has 0 fully saturated rings. The molecule has 1 aliphatic heterocycles. The molecule has 130 valence electrons. The molecule has 24 heavy (non-hydrogen) atoms. The van der Waals surface area contributed by atoms with Gasteiger partial charge in [0.05, 0.1) is 24.8 Å². The van der Waals surface area contributed by atoms with E-state index in [1.165, 1.54) is 0 Å². The predicted molar refractivity (Wildman–Crippen MR) is 93.8 cm³/mol. The van der Waals surface area contributed by atoms with Gasteiger partial charge in [0.1, 0.15) is 0 Å². The van der Waals surface area contributed by atoms with Gasteiger partial charge in [0.2, 0.25) is 16.9 Å². The molecule has 0 unspecified atom stereocenters. The molecule has 0 saturated carbocycles. The second-order valence-corrected chi connectivity index (χ2v) is 6.77. The van der Waals surface area contributed by atoms with Gasteiger partial charge in [0, 0.05) is 12.2 Å². The van der Waals surface area contributed by atoms with Crippen LogP contribution in [0.25, 0.3) is 0 Å². The van der Waals surface area contributed by atoms with Crippen molar-refractivity contribution in [2.75, 3.05) is 30.3 Å². The van der Waals surface area contributed by atoms with E-state index in [2.05, 4.69) is 5.32 Å². The van der Waals surface area contributed by atoms with Crippen LogP contribution in [0.1, 0.15) is 18.9 Å². The van der Waals surface area contributed by atoms with Crippen LogP contribution in [0.3, 0.4) is 0 Å². The normalized spacial score (nSPS) is 14.7. The standard InChI is InChI=1S/C17H22N2O4S/c1-12(10-20)17(23)18-9-16(22)24-11-15(21)19-8-4-6-13-5-2-3-7-14(13)19/h2-3,5,7,12,20H,4,6,8-11H2,1H3,(H,18,23)/t12-/m0/s1. The third kappa shape index (κ3) is 4.82. The number of hydrogen-bond donors (Lipinski definition) is 2. The second-order valence-electron chi connectivity index (χ2n) is 5.74. The number of anilines is 1. The number of amides is 2. The average Bonchev–Trinajstić information content (AvgIpc) is 2.62. The van der Waals surface area contributed by atoms with E-state index >= 15 is 0 Å². The molecule has 0 aromatic heterocycles. The first-order valence-electron chi connectivity index (χ1n) is 7.95. The number of para-hydroxylation sites is 1. The van der Waals surface area contributed by atoms with Crippen LogP contribution >= 0.6 is 11.8 Å². The highest BCUT2D eigenvalue weighted by molar-refractivity contribution is 8.14. The summed E-state index contributed by atoms with van der Waals surface area (Å²) in [7, 11) is 0. The number of nitrogens with one attached hydrogen (secondary N) is 1. The molecule has 0 aliphatic carbocycles. The summed E-state index contributed by atoms with van der Waals surface area (Å²) in [4.78, 5) is 37.4. The number of fused-ring (bicyclic) bond motifs is 1. The zero-order valence-electron chi connectivity index (χ0n) is 13.7. The maximum Gasteiger partial charge on any atom is 0.237 e. The number of carbonyl (C=O) groups is 3. The topological polar surface area (TPSA) is 86.7 Å². The molecular weight excluding hydrogens is 328 g/mol. The highest BCUT2D eigenvalue weighted by Gasteiger charge is 2.22. The zero-order chi connectivity index (χ0) is 17.5. The molecule has 1 heterocycles. The number of thioether (sulfide) groups is 1. The van der Waals surface area contributed by atoms with Crippen molar-refractivity contribution in [1.82, 2.24) is 5.32 Å². The molecule has 1 aromatic rings. The Kier molecular flexibility index (Phi) is 6.81. The monoisotopic (exact) mass is 350 g/mol. The first kappa shape index (κ1) is 18.5. The fourth-order valence-corrected chi connectivity index (χ4v) is 3.09. The van der Waals surface area contributed by atoms with Crippen LogP contribution in [-0.4, -0.2) is 47.5 Å². The molecule has 0 radical (unpaired) electrons. The van der Waals surface area contributed by atoms with Crippen molar-refractivity contribution in [3.8, 4) is 0 Å². The number of aliphatic hydroxyl groups is 1. The lowest BCUT2D eigenvalue weighted by Crippen LogP contribution is -2.37. The van der Waals surface area contributed by atoms with E-state index in [1.807, 2.05) is 24.3 Å². The van der Waals surface area contributed by atoms with Gasteiger partial charge < -0.3 is 15.3 Å². The minimum Gasteiger partial charge on any atom is -0.396 e. The SMILES string of the molecule is C[C@@H](CO)C(=O)NCC(=O)SCC(=O)N1CCCc2ccccc21. The van der Waals surface area contributed by atoms with Gasteiger partial charge in [-0.3, -0.25) is 14.4 Å². The van der Waals surface area contributed by atoms with E-state index in [1.54, 1.807) is 11.8 Å². The fraction of sp³-hybridized carbons (Fsp3) is 0.471. The molecule has 0 saturated heterocycles. The van der Waals surface area contributed by atoms with Crippen molar-refractivity contribution in [3.05, 3.63) is 29.8 Å². The predicted octanol–water partition coefficient (Wildman–Crippen LogP) is 0.970. The maximum atomic E-state index is 12.4. The van der Waals surface area contributed by atoms with E-state index in [-0.39, 0.29) is 35.8 Å². The van der Waals surface area contributed by atoms with Gasteiger partial charge >= 0.3 is 0 Å². The third-order valence-electron chi connectivity index (χ3n) is 3.90. The Labute approximate surface area is 145 Å². The maximum absolute atomic E-state index is 12.4. The van der Waals surface area contributed by atoms with Crippen LogP contribution in [-0.2, 0) is 20.8 Å². The Morgan fingerprint density at radius 1 is 1.33 bits per heavy atom. The Morgan fingerprint density at radius 3 is 2.83 bits per heavy atom. The first-order valence-corrected chi connectivity index (χ1v) is 8.94. The number of rotatable bonds is 6. The van der Waals surface area contributed by atoms with E-state index in [0.29, 0.717) is 6.54 Å². The molecule has 6 nitrogen and oxygen atoms in total. The van der Waals surface area contributed by atoms with Crippen LogP contribution in [0.4, 0.5) is 5.69 Å². The molecule has 1 atom stereocenters. The minimum atomic E-state index is -0.547. The number of hydrogen-bond acceptors (Lipinski definition) is 5. The Bertz CT molecular complexity index is 620. The first-order chi connectivity index (χ1) is 11.5. The molecule has 2 amide bonds. The molecule has 2 rings (SSSR count). The minimum absolute atomic E-state index is 0.0542. The van der Waals surface area contributed by atoms with Crippen molar-refractivity contribution < 1.29 is 19.5 Å². The van der Waals surface area contributed by atoms with Crippen molar-refractivity contribution >= 4 is 34.4 Å². The highest BCUT2D eigenvalue weighted by atomic mass is 32.2. The molecule has 1 aliphatic rings. The number of aryl methyl sites for hydroxylation is 1. The van der Waals surface area contributed by atoms with E-state index in [9.17, 15) is 14.4 Å². The zero-order valence-corrected chi connectivity index (χ0v) is 14.5. The summed E-state index contributed by atoms with van der Waals surface area (Å²) < 4.78 is 0. The second kappa shape index (κ2) is 8.84. The van der Waals surface area contributed by atoms with Crippen LogP contribution in [0.5, 0.6) is 0 Å². The van der Waals surface area contributed by atoms with Gasteiger partial charge in [-0.25, -0.2) is 0 Å². The van der Waals surface area contributed by atoms with Gasteiger partial charge in [0.25, 0.3) is 0 Å². The lowest BCUT2D eigenvalue weighted by Gasteiger charge is -2.29. The van der Waals surface area contributed by atoms with Crippen molar-refractivity contribution in [3.63, 3.8) is 0 Å². The van der Waals surface area contributed by atoms with Crippen molar-refractivity contribution in [1.29, 1.82) is 0 Å².